The molecule has 1 aromatic carbocycles. The normalized spacial score (nSPS) is 30.0. The minimum atomic E-state index is -0.690. The Kier molecular flexibility index (Phi) is 4.07. The predicted octanol–water partition coefficient (Wildman–Crippen LogP) is 1.80. The Morgan fingerprint density at radius 1 is 1.12 bits per heavy atom. The lowest BCUT2D eigenvalue weighted by atomic mass is 9.68. The minimum absolute atomic E-state index is 0.0172. The maximum atomic E-state index is 13.1. The van der Waals surface area contributed by atoms with Crippen LogP contribution in [0.1, 0.15) is 30.4 Å². The number of likely N-dealkylation sites (tertiary alicyclic amines) is 2. The summed E-state index contributed by atoms with van der Waals surface area (Å²) in [6, 6.07) is 8.22. The second-order valence-electron chi connectivity index (χ2n) is 7.97. The molecule has 1 aliphatic carbocycles. The van der Waals surface area contributed by atoms with Gasteiger partial charge in [0, 0.05) is 25.0 Å². The lowest BCUT2D eigenvalue weighted by Gasteiger charge is -2.52. The monoisotopic (exact) mass is 342 g/mol. The molecule has 4 rings (SSSR count). The highest BCUT2D eigenvalue weighted by Gasteiger charge is 2.53. The zero-order valence-electron chi connectivity index (χ0n) is 14.8. The van der Waals surface area contributed by atoms with Crippen LogP contribution in [-0.2, 0) is 22.4 Å². The van der Waals surface area contributed by atoms with Crippen LogP contribution < -0.4 is 0 Å². The summed E-state index contributed by atoms with van der Waals surface area (Å²) >= 11 is 0. The van der Waals surface area contributed by atoms with Crippen molar-refractivity contribution < 1.29 is 14.7 Å². The number of carboxylic acid groups (broad SMARTS) is 1. The number of carboxylic acids is 1. The molecule has 0 spiro atoms. The fourth-order valence-corrected chi connectivity index (χ4v) is 5.18. The Balaban J connectivity index is 1.50. The number of aliphatic carboxylic acids is 1. The fraction of sp³-hybridized carbons (Fsp3) is 0.600. The first kappa shape index (κ1) is 16.6. The molecule has 25 heavy (non-hydrogen) atoms. The molecule has 1 aromatic rings. The number of hydrogen-bond acceptors (Lipinski definition) is 3. The smallest absolute Gasteiger partial charge is 0.311 e. The molecular weight excluding hydrogens is 316 g/mol. The average Bonchev–Trinajstić information content (AvgIpc) is 3.05. The van der Waals surface area contributed by atoms with Crippen LogP contribution in [0.3, 0.4) is 0 Å². The van der Waals surface area contributed by atoms with E-state index in [0.717, 1.165) is 32.2 Å². The number of piperidine rings is 2. The molecule has 5 nitrogen and oxygen atoms in total. The van der Waals surface area contributed by atoms with Crippen LogP contribution in [0.15, 0.2) is 24.3 Å². The van der Waals surface area contributed by atoms with Gasteiger partial charge < -0.3 is 14.9 Å². The van der Waals surface area contributed by atoms with Gasteiger partial charge in [-0.25, -0.2) is 0 Å². The van der Waals surface area contributed by atoms with Crippen molar-refractivity contribution in [2.75, 3.05) is 26.7 Å². The number of fused-ring (bicyclic) bond motifs is 2. The Morgan fingerprint density at radius 3 is 2.44 bits per heavy atom. The molecule has 0 saturated carbocycles. The highest BCUT2D eigenvalue weighted by molar-refractivity contribution is 5.82. The topological polar surface area (TPSA) is 60.9 Å². The number of likely N-dealkylation sites (N-methyl/N-ethyl adjacent to an activating group) is 1. The van der Waals surface area contributed by atoms with Gasteiger partial charge in [0.2, 0.25) is 5.91 Å². The van der Waals surface area contributed by atoms with Crippen LogP contribution in [0.2, 0.25) is 0 Å². The molecule has 5 heteroatoms. The predicted molar refractivity (Wildman–Crippen MR) is 94.3 cm³/mol. The van der Waals surface area contributed by atoms with Crippen LogP contribution in [-0.4, -0.2) is 59.5 Å². The van der Waals surface area contributed by atoms with E-state index in [0.29, 0.717) is 19.5 Å². The fourth-order valence-electron chi connectivity index (χ4n) is 5.18. The van der Waals surface area contributed by atoms with Crippen LogP contribution in [0, 0.1) is 11.3 Å². The van der Waals surface area contributed by atoms with Gasteiger partial charge in [0.15, 0.2) is 0 Å². The number of rotatable bonds is 2. The van der Waals surface area contributed by atoms with Gasteiger partial charge in [-0.15, -0.1) is 0 Å². The van der Waals surface area contributed by atoms with E-state index in [2.05, 4.69) is 17.0 Å². The van der Waals surface area contributed by atoms with Crippen LogP contribution >= 0.6 is 0 Å². The third kappa shape index (κ3) is 2.65. The van der Waals surface area contributed by atoms with Gasteiger partial charge in [-0.1, -0.05) is 24.3 Å². The largest absolute Gasteiger partial charge is 0.481 e. The summed E-state index contributed by atoms with van der Waals surface area (Å²) in [5.74, 6) is -0.470. The molecule has 2 fully saturated rings. The van der Waals surface area contributed by atoms with Crippen molar-refractivity contribution in [3.8, 4) is 0 Å². The number of nitrogens with zero attached hydrogens (tertiary/aromatic N) is 2. The van der Waals surface area contributed by atoms with E-state index < -0.39 is 11.4 Å². The zero-order valence-corrected chi connectivity index (χ0v) is 14.8. The Labute approximate surface area is 148 Å². The Hall–Kier alpha value is -1.88. The van der Waals surface area contributed by atoms with Gasteiger partial charge in [-0.3, -0.25) is 9.59 Å². The van der Waals surface area contributed by atoms with Crippen LogP contribution in [0.25, 0.3) is 0 Å². The number of amides is 1. The standard InChI is InChI=1S/C20H26N2O3/c1-21-9-4-7-20(19(24)25)8-10-22(13-17(20)21)18(23)16-11-14-5-2-3-6-15(14)12-16/h2-3,5-6,16-17H,4,7-13H2,1H3,(H,24,25)/t17-,20+/m1/s1. The quantitative estimate of drug-likeness (QED) is 0.890. The first-order chi connectivity index (χ1) is 12.0. The number of benzene rings is 1. The Morgan fingerprint density at radius 2 is 1.80 bits per heavy atom. The SMILES string of the molecule is CN1CCC[C@]2(C(=O)O)CCN(C(=O)C3Cc4ccccc4C3)C[C@@H]12. The summed E-state index contributed by atoms with van der Waals surface area (Å²) < 4.78 is 0. The lowest BCUT2D eigenvalue weighted by Crippen LogP contribution is -2.64. The molecule has 0 radical (unpaired) electrons. The Bertz CT molecular complexity index is 679. The van der Waals surface area contributed by atoms with E-state index in [1.165, 1.54) is 11.1 Å². The minimum Gasteiger partial charge on any atom is -0.481 e. The van der Waals surface area contributed by atoms with Crippen molar-refractivity contribution in [1.82, 2.24) is 9.80 Å². The van der Waals surface area contributed by atoms with E-state index in [1.54, 1.807) is 0 Å². The first-order valence-electron chi connectivity index (χ1n) is 9.30. The molecule has 0 unspecified atom stereocenters. The molecule has 2 aliphatic heterocycles. The van der Waals surface area contributed by atoms with Crippen molar-refractivity contribution in [1.29, 1.82) is 0 Å². The maximum Gasteiger partial charge on any atom is 0.311 e. The van der Waals surface area contributed by atoms with E-state index in [-0.39, 0.29) is 17.9 Å². The van der Waals surface area contributed by atoms with Crippen molar-refractivity contribution >= 4 is 11.9 Å². The number of carbonyl (C=O) groups excluding carboxylic acids is 1. The molecule has 2 saturated heterocycles. The maximum absolute atomic E-state index is 13.1. The van der Waals surface area contributed by atoms with Gasteiger partial charge in [0.1, 0.15) is 0 Å². The van der Waals surface area contributed by atoms with Gasteiger partial charge in [0.25, 0.3) is 0 Å². The summed E-state index contributed by atoms with van der Waals surface area (Å²) in [4.78, 5) is 29.2. The average molecular weight is 342 g/mol. The second kappa shape index (κ2) is 6.13. The molecule has 134 valence electrons. The van der Waals surface area contributed by atoms with Gasteiger partial charge in [-0.05, 0) is 56.8 Å². The van der Waals surface area contributed by atoms with Crippen LogP contribution in [0.4, 0.5) is 0 Å². The molecule has 1 amide bonds. The molecule has 3 aliphatic rings. The summed E-state index contributed by atoms with van der Waals surface area (Å²) in [6.07, 6.45) is 3.86. The van der Waals surface area contributed by atoms with E-state index >= 15 is 0 Å². The van der Waals surface area contributed by atoms with Gasteiger partial charge in [-0.2, -0.15) is 0 Å². The van der Waals surface area contributed by atoms with Crippen molar-refractivity contribution in [2.24, 2.45) is 11.3 Å². The summed E-state index contributed by atoms with van der Waals surface area (Å²) in [5.41, 5.74) is 1.89. The van der Waals surface area contributed by atoms with Crippen molar-refractivity contribution in [3.05, 3.63) is 35.4 Å². The van der Waals surface area contributed by atoms with E-state index in [4.69, 9.17) is 0 Å². The van der Waals surface area contributed by atoms with Gasteiger partial charge >= 0.3 is 5.97 Å². The first-order valence-corrected chi connectivity index (χ1v) is 9.30. The third-order valence-corrected chi connectivity index (χ3v) is 6.66. The van der Waals surface area contributed by atoms with Crippen molar-refractivity contribution in [3.63, 3.8) is 0 Å². The molecule has 2 heterocycles. The van der Waals surface area contributed by atoms with Crippen LogP contribution in [0.5, 0.6) is 0 Å². The highest BCUT2D eigenvalue weighted by Crippen LogP contribution is 2.42. The zero-order chi connectivity index (χ0) is 17.6. The lowest BCUT2D eigenvalue weighted by molar-refractivity contribution is -0.166. The highest BCUT2D eigenvalue weighted by atomic mass is 16.4. The third-order valence-electron chi connectivity index (χ3n) is 6.66. The molecule has 0 aromatic heterocycles. The molecule has 0 bridgehead atoms. The summed E-state index contributed by atoms with van der Waals surface area (Å²) in [7, 11) is 2.00. The van der Waals surface area contributed by atoms with E-state index in [1.807, 2.05) is 24.1 Å². The molecular formula is C20H26N2O3. The molecule has 1 N–H and O–H groups in total. The molecule has 2 atom stereocenters. The second-order valence-corrected chi connectivity index (χ2v) is 7.97. The van der Waals surface area contributed by atoms with E-state index in [9.17, 15) is 14.7 Å². The van der Waals surface area contributed by atoms with Gasteiger partial charge in [0.05, 0.1) is 5.41 Å². The summed E-state index contributed by atoms with van der Waals surface area (Å²) in [5, 5.41) is 9.87. The number of hydrogen-bond donors (Lipinski definition) is 1. The number of carbonyl (C=O) groups is 2. The van der Waals surface area contributed by atoms with Crippen molar-refractivity contribution in [2.45, 2.75) is 38.1 Å². The summed E-state index contributed by atoms with van der Waals surface area (Å²) in [6.45, 7) is 2.04.